The van der Waals surface area contributed by atoms with Gasteiger partial charge in [0.05, 0.1) is 17.7 Å². The van der Waals surface area contributed by atoms with E-state index in [9.17, 15) is 5.11 Å². The molecule has 24 heavy (non-hydrogen) atoms. The van der Waals surface area contributed by atoms with Gasteiger partial charge in [-0.2, -0.15) is 5.11 Å². The van der Waals surface area contributed by atoms with Gasteiger partial charge in [0.25, 0.3) is 0 Å². The SMILES string of the molecule is Cc1cc(SOOO)ccc1N=Nc1c(O)ccc2ccccc12. The summed E-state index contributed by atoms with van der Waals surface area (Å²) in [6, 6.07) is 16.5. The van der Waals surface area contributed by atoms with Crippen LogP contribution in [0.4, 0.5) is 11.4 Å². The predicted molar refractivity (Wildman–Crippen MR) is 91.6 cm³/mol. The zero-order chi connectivity index (χ0) is 16.9. The van der Waals surface area contributed by atoms with E-state index in [1.165, 1.54) is 0 Å². The second kappa shape index (κ2) is 7.41. The number of aryl methyl sites for hydroxylation is 1. The molecule has 3 aromatic carbocycles. The number of hydrogen-bond donors (Lipinski definition) is 2. The number of phenols is 1. The first-order chi connectivity index (χ1) is 11.7. The molecule has 122 valence electrons. The van der Waals surface area contributed by atoms with Crippen LogP contribution in [0.3, 0.4) is 0 Å². The Morgan fingerprint density at radius 1 is 1.00 bits per heavy atom. The fourth-order valence-corrected chi connectivity index (χ4v) is 2.76. The molecule has 0 amide bonds. The number of rotatable bonds is 5. The molecular weight excluding hydrogens is 328 g/mol. The molecule has 3 aromatic rings. The van der Waals surface area contributed by atoms with Crippen molar-refractivity contribution in [2.24, 2.45) is 10.2 Å². The van der Waals surface area contributed by atoms with Gasteiger partial charge < -0.3 is 5.11 Å². The van der Waals surface area contributed by atoms with Gasteiger partial charge in [0.2, 0.25) is 0 Å². The van der Waals surface area contributed by atoms with Crippen molar-refractivity contribution in [2.45, 2.75) is 11.8 Å². The van der Waals surface area contributed by atoms with Crippen LogP contribution in [-0.4, -0.2) is 10.4 Å². The van der Waals surface area contributed by atoms with E-state index in [0.717, 1.165) is 33.3 Å². The van der Waals surface area contributed by atoms with Crippen LogP contribution in [-0.2, 0) is 9.37 Å². The van der Waals surface area contributed by atoms with E-state index in [4.69, 9.17) is 5.26 Å². The Morgan fingerprint density at radius 2 is 1.83 bits per heavy atom. The van der Waals surface area contributed by atoms with E-state index in [-0.39, 0.29) is 5.75 Å². The minimum atomic E-state index is 0.0794. The van der Waals surface area contributed by atoms with Crippen molar-refractivity contribution in [3.05, 3.63) is 60.2 Å². The van der Waals surface area contributed by atoms with Crippen LogP contribution in [0.25, 0.3) is 10.8 Å². The lowest BCUT2D eigenvalue weighted by Gasteiger charge is -2.05. The van der Waals surface area contributed by atoms with Crippen LogP contribution in [0, 0.1) is 6.92 Å². The molecule has 0 aliphatic heterocycles. The number of azo groups is 1. The summed E-state index contributed by atoms with van der Waals surface area (Å²) >= 11 is 0.878. The van der Waals surface area contributed by atoms with E-state index in [2.05, 4.69) is 19.6 Å². The standard InChI is InChI=1S/C17H14N2O4S/c1-11-10-13(24-23-22-21)7-8-15(11)18-19-17-14-5-3-2-4-12(14)6-9-16(17)20/h2-10,20-21H,1H3. The van der Waals surface area contributed by atoms with Crippen molar-refractivity contribution in [1.82, 2.24) is 0 Å². The molecule has 0 fully saturated rings. The molecule has 0 saturated carbocycles. The topological polar surface area (TPSA) is 83.6 Å². The first-order valence-corrected chi connectivity index (χ1v) is 7.81. The van der Waals surface area contributed by atoms with Crippen LogP contribution in [0.1, 0.15) is 5.56 Å². The summed E-state index contributed by atoms with van der Waals surface area (Å²) in [5, 5.41) is 32.1. The number of aromatic hydroxyl groups is 1. The zero-order valence-electron chi connectivity index (χ0n) is 12.7. The Kier molecular flexibility index (Phi) is 5.07. The van der Waals surface area contributed by atoms with Gasteiger partial charge in [-0.1, -0.05) is 35.4 Å². The molecule has 2 N–H and O–H groups in total. The molecule has 0 bridgehead atoms. The lowest BCUT2D eigenvalue weighted by Crippen LogP contribution is -1.81. The summed E-state index contributed by atoms with van der Waals surface area (Å²) in [4.78, 5) is 0.744. The Bertz CT molecular complexity index is 899. The Morgan fingerprint density at radius 3 is 2.62 bits per heavy atom. The molecule has 0 radical (unpaired) electrons. The highest BCUT2D eigenvalue weighted by Gasteiger charge is 2.07. The molecule has 0 unspecified atom stereocenters. The maximum atomic E-state index is 10.1. The number of hydrogen-bond acceptors (Lipinski definition) is 7. The van der Waals surface area contributed by atoms with Crippen molar-refractivity contribution < 1.29 is 19.7 Å². The average Bonchev–Trinajstić information content (AvgIpc) is 2.60. The first-order valence-electron chi connectivity index (χ1n) is 7.07. The average molecular weight is 342 g/mol. The van der Waals surface area contributed by atoms with E-state index in [0.29, 0.717) is 11.4 Å². The highest BCUT2D eigenvalue weighted by atomic mass is 32.2. The van der Waals surface area contributed by atoms with Gasteiger partial charge in [-0.15, -0.1) is 9.45 Å². The molecule has 6 nitrogen and oxygen atoms in total. The van der Waals surface area contributed by atoms with Crippen LogP contribution < -0.4 is 0 Å². The summed E-state index contributed by atoms with van der Waals surface area (Å²) in [5.41, 5.74) is 1.96. The summed E-state index contributed by atoms with van der Waals surface area (Å²) in [5.74, 6) is 0.0794. The Balaban J connectivity index is 1.93. The van der Waals surface area contributed by atoms with E-state index < -0.39 is 0 Å². The smallest absolute Gasteiger partial charge is 0.143 e. The lowest BCUT2D eigenvalue weighted by molar-refractivity contribution is -0.432. The summed E-state index contributed by atoms with van der Waals surface area (Å²) in [7, 11) is 0. The third-order valence-electron chi connectivity index (χ3n) is 3.47. The fourth-order valence-electron chi connectivity index (χ4n) is 2.30. The summed E-state index contributed by atoms with van der Waals surface area (Å²) in [6.45, 7) is 1.88. The van der Waals surface area contributed by atoms with Crippen molar-refractivity contribution in [3.8, 4) is 5.75 Å². The predicted octanol–water partition coefficient (Wildman–Crippen LogP) is 5.70. The van der Waals surface area contributed by atoms with Crippen LogP contribution in [0.2, 0.25) is 0 Å². The number of nitrogens with zero attached hydrogens (tertiary/aromatic N) is 2. The van der Waals surface area contributed by atoms with Crippen molar-refractivity contribution in [2.75, 3.05) is 0 Å². The fraction of sp³-hybridized carbons (Fsp3) is 0.0588. The Hall–Kier alpha value is -2.45. The molecule has 0 saturated heterocycles. The maximum Gasteiger partial charge on any atom is 0.143 e. The normalized spacial score (nSPS) is 11.4. The van der Waals surface area contributed by atoms with Crippen molar-refractivity contribution in [1.29, 1.82) is 0 Å². The quantitative estimate of drug-likeness (QED) is 0.269. The molecule has 0 aliphatic rings. The molecule has 0 atom stereocenters. The number of phenolic OH excluding ortho intramolecular Hbond substituents is 1. The van der Waals surface area contributed by atoms with Gasteiger partial charge in [-0.25, -0.2) is 5.26 Å². The lowest BCUT2D eigenvalue weighted by atomic mass is 10.1. The van der Waals surface area contributed by atoms with Gasteiger partial charge in [0.15, 0.2) is 0 Å². The molecule has 0 aliphatic carbocycles. The van der Waals surface area contributed by atoms with E-state index in [1.54, 1.807) is 18.2 Å². The van der Waals surface area contributed by atoms with Gasteiger partial charge in [-0.05, 0) is 42.1 Å². The summed E-state index contributed by atoms with van der Waals surface area (Å²) in [6.07, 6.45) is 0. The van der Waals surface area contributed by atoms with E-state index >= 15 is 0 Å². The molecular formula is C17H14N2O4S. The van der Waals surface area contributed by atoms with Crippen LogP contribution in [0.5, 0.6) is 5.75 Å². The maximum absolute atomic E-state index is 10.1. The van der Waals surface area contributed by atoms with Crippen LogP contribution >= 0.6 is 12.0 Å². The largest absolute Gasteiger partial charge is 0.506 e. The molecule has 7 heteroatoms. The molecule has 0 heterocycles. The number of fused-ring (bicyclic) bond motifs is 1. The second-order valence-electron chi connectivity index (χ2n) is 5.03. The summed E-state index contributed by atoms with van der Waals surface area (Å²) < 4.78 is 4.39. The molecule has 0 spiro atoms. The third-order valence-corrected chi connectivity index (χ3v) is 4.04. The van der Waals surface area contributed by atoms with E-state index in [1.807, 2.05) is 43.3 Å². The van der Waals surface area contributed by atoms with Gasteiger partial charge in [0.1, 0.15) is 11.4 Å². The van der Waals surface area contributed by atoms with Crippen LogP contribution in [0.15, 0.2) is 69.7 Å². The first kappa shape index (κ1) is 16.4. The van der Waals surface area contributed by atoms with Crippen molar-refractivity contribution >= 4 is 34.2 Å². The zero-order valence-corrected chi connectivity index (χ0v) is 13.5. The molecule has 3 rings (SSSR count). The highest BCUT2D eigenvalue weighted by Crippen LogP contribution is 2.36. The minimum Gasteiger partial charge on any atom is -0.506 e. The number of benzene rings is 3. The monoisotopic (exact) mass is 342 g/mol. The second-order valence-corrected chi connectivity index (χ2v) is 5.80. The van der Waals surface area contributed by atoms with Crippen molar-refractivity contribution in [3.63, 3.8) is 0 Å². The highest BCUT2D eigenvalue weighted by molar-refractivity contribution is 7.94. The Labute approximate surface area is 142 Å². The van der Waals surface area contributed by atoms with Gasteiger partial charge in [-0.3, -0.25) is 0 Å². The molecule has 0 aromatic heterocycles. The van der Waals surface area contributed by atoms with Gasteiger partial charge in [0, 0.05) is 10.3 Å². The third kappa shape index (κ3) is 3.55. The minimum absolute atomic E-state index is 0.0794. The van der Waals surface area contributed by atoms with Gasteiger partial charge >= 0.3 is 0 Å².